The van der Waals surface area contributed by atoms with E-state index in [4.69, 9.17) is 11.6 Å². The quantitative estimate of drug-likeness (QED) is 0.795. The molecule has 2 aromatic rings. The van der Waals surface area contributed by atoms with Crippen LogP contribution < -0.4 is 4.90 Å². The average molecular weight is 347 g/mol. The molecule has 2 aliphatic rings. The lowest BCUT2D eigenvalue weighted by atomic mass is 10.1. The summed E-state index contributed by atoms with van der Waals surface area (Å²) in [6, 6.07) is 9.58. The number of nitrogens with zero attached hydrogens (tertiary/aromatic N) is 2. The van der Waals surface area contributed by atoms with Gasteiger partial charge in [-0.05, 0) is 42.5 Å². The largest absolute Gasteiger partial charge is 0.300 e. The van der Waals surface area contributed by atoms with Crippen molar-refractivity contribution in [3.05, 3.63) is 51.2 Å². The van der Waals surface area contributed by atoms with E-state index in [1.165, 1.54) is 4.88 Å². The van der Waals surface area contributed by atoms with Gasteiger partial charge < -0.3 is 0 Å². The van der Waals surface area contributed by atoms with Crippen LogP contribution in [0.4, 0.5) is 5.69 Å². The molecule has 4 nitrogen and oxygen atoms in total. The first kappa shape index (κ1) is 14.9. The van der Waals surface area contributed by atoms with E-state index in [-0.39, 0.29) is 0 Å². The molecular weight excluding hydrogens is 332 g/mol. The summed E-state index contributed by atoms with van der Waals surface area (Å²) in [5, 5.41) is 2.55. The van der Waals surface area contributed by atoms with E-state index in [0.717, 1.165) is 19.4 Å². The average Bonchev–Trinajstić information content (AvgIpc) is 3.25. The van der Waals surface area contributed by atoms with Crippen LogP contribution in [0, 0.1) is 0 Å². The summed E-state index contributed by atoms with van der Waals surface area (Å²) in [6.45, 7) is 1.38. The molecular formula is C17H15ClN2O2S. The topological polar surface area (TPSA) is 40.6 Å². The van der Waals surface area contributed by atoms with Crippen LogP contribution in [0.5, 0.6) is 0 Å². The number of ketones is 1. The monoisotopic (exact) mass is 346 g/mol. The molecule has 0 saturated carbocycles. The van der Waals surface area contributed by atoms with Gasteiger partial charge in [0.25, 0.3) is 5.78 Å². The zero-order valence-electron chi connectivity index (χ0n) is 12.4. The molecule has 118 valence electrons. The van der Waals surface area contributed by atoms with Crippen LogP contribution in [-0.4, -0.2) is 29.8 Å². The Kier molecular flexibility index (Phi) is 3.71. The maximum atomic E-state index is 12.4. The molecule has 2 aliphatic heterocycles. The fourth-order valence-electron chi connectivity index (χ4n) is 3.39. The van der Waals surface area contributed by atoms with E-state index in [2.05, 4.69) is 22.4 Å². The molecule has 0 aliphatic carbocycles. The highest BCUT2D eigenvalue weighted by molar-refractivity contribution is 7.10. The van der Waals surface area contributed by atoms with Crippen molar-refractivity contribution in [1.29, 1.82) is 0 Å². The van der Waals surface area contributed by atoms with Crippen molar-refractivity contribution in [2.24, 2.45) is 0 Å². The number of thiophene rings is 1. The molecule has 0 radical (unpaired) electrons. The summed E-state index contributed by atoms with van der Waals surface area (Å²) >= 11 is 7.70. The minimum atomic E-state index is -0.464. The molecule has 1 aromatic carbocycles. The highest BCUT2D eigenvalue weighted by Crippen LogP contribution is 2.37. The molecule has 1 fully saturated rings. The lowest BCUT2D eigenvalue weighted by Crippen LogP contribution is -2.40. The second-order valence-electron chi connectivity index (χ2n) is 5.85. The molecule has 0 spiro atoms. The van der Waals surface area contributed by atoms with Crippen LogP contribution in [0.25, 0.3) is 0 Å². The van der Waals surface area contributed by atoms with Crippen molar-refractivity contribution in [2.45, 2.75) is 18.9 Å². The van der Waals surface area contributed by atoms with E-state index in [1.807, 2.05) is 0 Å². The van der Waals surface area contributed by atoms with Crippen LogP contribution in [0.1, 0.15) is 34.1 Å². The molecule has 3 heterocycles. The number of likely N-dealkylation sites (tertiary alicyclic amines) is 1. The summed E-state index contributed by atoms with van der Waals surface area (Å²) in [4.78, 5) is 29.7. The number of hydrogen-bond acceptors (Lipinski definition) is 4. The van der Waals surface area contributed by atoms with Gasteiger partial charge in [0, 0.05) is 22.5 Å². The van der Waals surface area contributed by atoms with E-state index < -0.39 is 11.7 Å². The number of halogens is 1. The summed E-state index contributed by atoms with van der Waals surface area (Å²) in [7, 11) is 0. The first-order valence-electron chi connectivity index (χ1n) is 7.58. The van der Waals surface area contributed by atoms with Crippen molar-refractivity contribution in [1.82, 2.24) is 4.90 Å². The fraction of sp³-hybridized carbons (Fsp3) is 0.294. The molecule has 23 heavy (non-hydrogen) atoms. The number of rotatable bonds is 3. The second kappa shape index (κ2) is 5.74. The van der Waals surface area contributed by atoms with E-state index in [1.54, 1.807) is 34.4 Å². The first-order chi connectivity index (χ1) is 11.1. The molecule has 0 N–H and O–H groups in total. The van der Waals surface area contributed by atoms with Crippen LogP contribution in [-0.2, 0) is 4.79 Å². The summed E-state index contributed by atoms with van der Waals surface area (Å²) in [6.07, 6.45) is 2.19. The molecule has 1 saturated heterocycles. The molecule has 0 bridgehead atoms. The number of Topliss-reactive ketones (excluding diaryl/α,β-unsaturated/α-hetero) is 1. The number of fused-ring (bicyclic) bond motifs is 1. The van der Waals surface area contributed by atoms with Crippen molar-refractivity contribution in [2.75, 3.05) is 18.1 Å². The zero-order chi connectivity index (χ0) is 16.0. The minimum Gasteiger partial charge on any atom is -0.291 e. The third-order valence-electron chi connectivity index (χ3n) is 4.49. The lowest BCUT2D eigenvalue weighted by Gasteiger charge is -2.28. The van der Waals surface area contributed by atoms with Gasteiger partial charge in [-0.3, -0.25) is 19.4 Å². The van der Waals surface area contributed by atoms with Crippen molar-refractivity contribution in [3.8, 4) is 0 Å². The Bertz CT molecular complexity index is 775. The van der Waals surface area contributed by atoms with Crippen LogP contribution in [0.15, 0.2) is 35.7 Å². The van der Waals surface area contributed by atoms with Gasteiger partial charge >= 0.3 is 5.91 Å². The summed E-state index contributed by atoms with van der Waals surface area (Å²) < 4.78 is 0. The van der Waals surface area contributed by atoms with Gasteiger partial charge in [0.05, 0.1) is 17.9 Å². The maximum absolute atomic E-state index is 12.4. The van der Waals surface area contributed by atoms with Gasteiger partial charge in [-0.2, -0.15) is 0 Å². The number of hydrogen-bond donors (Lipinski definition) is 0. The maximum Gasteiger partial charge on any atom is 0.300 e. The predicted octanol–water partition coefficient (Wildman–Crippen LogP) is 3.73. The van der Waals surface area contributed by atoms with Crippen molar-refractivity contribution >= 4 is 40.3 Å². The van der Waals surface area contributed by atoms with Gasteiger partial charge in [0.1, 0.15) is 0 Å². The highest BCUT2D eigenvalue weighted by Gasteiger charge is 2.38. The van der Waals surface area contributed by atoms with Gasteiger partial charge in [0.15, 0.2) is 0 Å². The van der Waals surface area contributed by atoms with Gasteiger partial charge in [0.2, 0.25) is 0 Å². The third-order valence-corrected chi connectivity index (χ3v) is 5.70. The first-order valence-corrected chi connectivity index (χ1v) is 8.84. The smallest absolute Gasteiger partial charge is 0.291 e. The number of amides is 1. The normalized spacial score (nSPS) is 21.3. The second-order valence-corrected chi connectivity index (χ2v) is 7.27. The van der Waals surface area contributed by atoms with Gasteiger partial charge in [-0.15, -0.1) is 11.3 Å². The Hall–Kier alpha value is -1.69. The Morgan fingerprint density at radius 3 is 2.91 bits per heavy atom. The molecule has 0 unspecified atom stereocenters. The molecule has 4 rings (SSSR count). The Labute approximate surface area is 143 Å². The fourth-order valence-corrected chi connectivity index (χ4v) is 4.46. The van der Waals surface area contributed by atoms with Gasteiger partial charge in [-0.1, -0.05) is 17.7 Å². The number of benzene rings is 1. The van der Waals surface area contributed by atoms with Crippen molar-refractivity contribution < 1.29 is 9.59 Å². The standard InChI is InChI=1S/C17H15ClN2O2S/c18-11-5-6-13-12(9-11)16(21)17(22)20(13)10-19-7-1-3-14(19)15-4-2-8-23-15/h2,4-6,8-9,14H,1,3,7,10H2/t14-/m0/s1. The number of carbonyl (C=O) groups excluding carboxylic acids is 2. The van der Waals surface area contributed by atoms with E-state index in [9.17, 15) is 9.59 Å². The van der Waals surface area contributed by atoms with E-state index in [0.29, 0.717) is 29.0 Å². The summed E-state index contributed by atoms with van der Waals surface area (Å²) in [5.74, 6) is -0.923. The Balaban J connectivity index is 1.62. The van der Waals surface area contributed by atoms with Gasteiger partial charge in [-0.25, -0.2) is 0 Å². The SMILES string of the molecule is O=C1C(=O)N(CN2CCC[C@H]2c2cccs2)c2ccc(Cl)cc21. The predicted molar refractivity (Wildman–Crippen MR) is 91.1 cm³/mol. The molecule has 1 amide bonds. The van der Waals surface area contributed by atoms with Crippen LogP contribution in [0.3, 0.4) is 0 Å². The van der Waals surface area contributed by atoms with E-state index >= 15 is 0 Å². The van der Waals surface area contributed by atoms with Crippen molar-refractivity contribution in [3.63, 3.8) is 0 Å². The summed E-state index contributed by atoms with van der Waals surface area (Å²) in [5.41, 5.74) is 1.08. The lowest BCUT2D eigenvalue weighted by molar-refractivity contribution is -0.114. The highest BCUT2D eigenvalue weighted by atomic mass is 35.5. The number of carbonyl (C=O) groups is 2. The Morgan fingerprint density at radius 1 is 1.26 bits per heavy atom. The Morgan fingerprint density at radius 2 is 2.13 bits per heavy atom. The molecule has 1 atom stereocenters. The number of anilines is 1. The van der Waals surface area contributed by atoms with Crippen LogP contribution >= 0.6 is 22.9 Å². The molecule has 1 aromatic heterocycles. The third kappa shape index (κ3) is 2.49. The minimum absolute atomic E-state index is 0.328. The molecule has 6 heteroatoms. The van der Waals surface area contributed by atoms with Crippen LogP contribution in [0.2, 0.25) is 5.02 Å². The zero-order valence-corrected chi connectivity index (χ0v) is 13.9.